The lowest BCUT2D eigenvalue weighted by molar-refractivity contribution is -0.209. The number of aliphatic hydroxyl groups excluding tert-OH is 1. The Morgan fingerprint density at radius 3 is 2.16 bits per heavy atom. The number of rotatable bonds is 14. The van der Waals surface area contributed by atoms with Crippen molar-refractivity contribution in [2.75, 3.05) is 57.0 Å². The van der Waals surface area contributed by atoms with Crippen LogP contribution in [0.25, 0.3) is 11.2 Å². The number of carbonyl (C=O) groups excluding carboxylic acids is 4. The van der Waals surface area contributed by atoms with Crippen molar-refractivity contribution in [2.45, 2.75) is 61.7 Å². The summed E-state index contributed by atoms with van der Waals surface area (Å²) in [4.78, 5) is 72.5. The SMILES string of the molecule is CN(C)C(=O)N[C@H]1C[C@@H](n2cnc3c(NCC(c4ccccc4)c4ccccc4)nc(C(=O)NCCNC(=O)NC4CCN(c5ccccn5)CC4)nc32)[C@H](O)[C@@H]1OC(=O)C(F)(F)F. The number of aliphatic hydroxyl groups is 1. The van der Waals surface area contributed by atoms with Gasteiger partial charge in [-0.15, -0.1) is 0 Å². The standard InChI is InChI=1S/C43H49F3N12O6/c1-56(2)42(63)53-30-23-31(34(59)35(30)64-40(61)43(44,45)46)58-25-51-33-36(50-24-29(26-11-5-3-6-12-26)27-13-7-4-8-14-27)54-37(55-38(33)58)39(60)48-19-20-49-41(62)52-28-16-21-57(22-17-28)32-15-9-10-18-47-32/h3-15,18,25,28-31,34-35,59H,16-17,19-24H2,1-2H3,(H,48,60)(H,53,63)(H2,49,52,62)(H,50,54,55)/t30-,31+,34-,35+/m0/s1. The van der Waals surface area contributed by atoms with Crippen molar-refractivity contribution in [1.82, 2.24) is 50.7 Å². The molecule has 1 saturated heterocycles. The summed E-state index contributed by atoms with van der Waals surface area (Å²) in [5.41, 5.74) is 2.16. The minimum absolute atomic E-state index is 0.00126. The lowest BCUT2D eigenvalue weighted by atomic mass is 9.91. The Hall–Kier alpha value is -7.03. The molecule has 3 aromatic heterocycles. The molecule has 0 spiro atoms. The molecule has 4 atom stereocenters. The van der Waals surface area contributed by atoms with E-state index in [1.807, 2.05) is 78.9 Å². The van der Waals surface area contributed by atoms with E-state index in [2.05, 4.69) is 51.4 Å². The van der Waals surface area contributed by atoms with Gasteiger partial charge in [-0.25, -0.2) is 34.3 Å². The highest BCUT2D eigenvalue weighted by atomic mass is 19.4. The molecule has 5 amide bonds. The molecule has 4 heterocycles. The van der Waals surface area contributed by atoms with Crippen LogP contribution in [-0.4, -0.2) is 136 Å². The van der Waals surface area contributed by atoms with E-state index in [1.165, 1.54) is 25.0 Å². The van der Waals surface area contributed by atoms with Gasteiger partial charge < -0.3 is 50.8 Å². The van der Waals surface area contributed by atoms with Crippen LogP contribution in [0.2, 0.25) is 0 Å². The number of benzene rings is 2. The number of nitrogens with zero attached hydrogens (tertiary/aromatic N) is 7. The molecule has 338 valence electrons. The summed E-state index contributed by atoms with van der Waals surface area (Å²) in [6, 6.07) is 21.6. The number of amides is 5. The molecule has 0 bridgehead atoms. The van der Waals surface area contributed by atoms with Gasteiger partial charge in [-0.3, -0.25) is 4.79 Å². The highest BCUT2D eigenvalue weighted by molar-refractivity contribution is 5.94. The summed E-state index contributed by atoms with van der Waals surface area (Å²) >= 11 is 0. The number of fused-ring (bicyclic) bond motifs is 1. The largest absolute Gasteiger partial charge is 0.490 e. The first-order valence-corrected chi connectivity index (χ1v) is 20.8. The van der Waals surface area contributed by atoms with Gasteiger partial charge in [-0.2, -0.15) is 13.2 Å². The van der Waals surface area contributed by atoms with Crippen LogP contribution < -0.4 is 31.5 Å². The molecular formula is C43H49F3N12O6. The molecule has 0 unspecified atom stereocenters. The van der Waals surface area contributed by atoms with E-state index in [1.54, 1.807) is 6.20 Å². The summed E-state index contributed by atoms with van der Waals surface area (Å²) in [5.74, 6) is -2.74. The second kappa shape index (κ2) is 20.0. The Labute approximate surface area is 366 Å². The molecule has 2 aliphatic rings. The van der Waals surface area contributed by atoms with Crippen molar-refractivity contribution >= 4 is 46.7 Å². The number of carbonyl (C=O) groups is 4. The zero-order valence-electron chi connectivity index (χ0n) is 35.0. The quantitative estimate of drug-likeness (QED) is 0.0697. The van der Waals surface area contributed by atoms with Crippen molar-refractivity contribution in [3.63, 3.8) is 0 Å². The number of pyridine rings is 1. The van der Waals surface area contributed by atoms with Gasteiger partial charge in [-0.1, -0.05) is 66.7 Å². The van der Waals surface area contributed by atoms with Crippen LogP contribution in [0, 0.1) is 0 Å². The van der Waals surface area contributed by atoms with Crippen LogP contribution >= 0.6 is 0 Å². The first kappa shape index (κ1) is 45.0. The maximum Gasteiger partial charge on any atom is 0.490 e. The number of nitrogens with one attached hydrogen (secondary N) is 5. The molecule has 2 aromatic carbocycles. The molecule has 64 heavy (non-hydrogen) atoms. The molecule has 1 aliphatic carbocycles. The number of aromatic nitrogens is 5. The van der Waals surface area contributed by atoms with Gasteiger partial charge in [-0.05, 0) is 42.5 Å². The van der Waals surface area contributed by atoms with Gasteiger partial charge in [0.05, 0.1) is 18.4 Å². The van der Waals surface area contributed by atoms with Crippen LogP contribution in [0.4, 0.5) is 34.4 Å². The van der Waals surface area contributed by atoms with E-state index in [4.69, 9.17) is 4.74 Å². The Morgan fingerprint density at radius 2 is 1.53 bits per heavy atom. The van der Waals surface area contributed by atoms with Crippen LogP contribution in [-0.2, 0) is 9.53 Å². The lowest BCUT2D eigenvalue weighted by Gasteiger charge is -2.33. The van der Waals surface area contributed by atoms with Gasteiger partial charge in [0.15, 0.2) is 17.6 Å². The summed E-state index contributed by atoms with van der Waals surface area (Å²) in [7, 11) is 2.83. The fourth-order valence-corrected chi connectivity index (χ4v) is 7.88. The Bertz CT molecular complexity index is 2350. The Balaban J connectivity index is 1.10. The molecule has 0 radical (unpaired) electrons. The molecule has 5 aromatic rings. The van der Waals surface area contributed by atoms with E-state index in [0.717, 1.165) is 47.8 Å². The van der Waals surface area contributed by atoms with Crippen LogP contribution in [0.15, 0.2) is 91.4 Å². The number of urea groups is 2. The molecule has 7 rings (SSSR count). The van der Waals surface area contributed by atoms with Crippen molar-refractivity contribution in [2.24, 2.45) is 0 Å². The average Bonchev–Trinajstić information content (AvgIpc) is 3.85. The molecule has 6 N–H and O–H groups in total. The summed E-state index contributed by atoms with van der Waals surface area (Å²) < 4.78 is 46.3. The number of imidazole rings is 1. The predicted molar refractivity (Wildman–Crippen MR) is 228 cm³/mol. The third-order valence-electron chi connectivity index (χ3n) is 11.2. The fraction of sp³-hybridized carbons (Fsp3) is 0.395. The Morgan fingerprint density at radius 1 is 0.875 bits per heavy atom. The molecule has 18 nitrogen and oxygen atoms in total. The molecule has 2 fully saturated rings. The predicted octanol–water partition coefficient (Wildman–Crippen LogP) is 3.58. The summed E-state index contributed by atoms with van der Waals surface area (Å²) in [6.45, 7) is 1.80. The highest BCUT2D eigenvalue weighted by Gasteiger charge is 2.51. The topological polar surface area (TPSA) is 221 Å². The third-order valence-corrected chi connectivity index (χ3v) is 11.2. The van der Waals surface area contributed by atoms with Crippen molar-refractivity contribution in [1.29, 1.82) is 0 Å². The minimum Gasteiger partial charge on any atom is -0.451 e. The number of halogens is 3. The second-order valence-electron chi connectivity index (χ2n) is 15.7. The maximum atomic E-state index is 13.8. The number of piperidine rings is 1. The molecule has 1 saturated carbocycles. The molecule has 1 aliphatic heterocycles. The van der Waals surface area contributed by atoms with E-state index >= 15 is 0 Å². The number of alkyl halides is 3. The first-order valence-electron chi connectivity index (χ1n) is 20.8. The number of anilines is 2. The van der Waals surface area contributed by atoms with Gasteiger partial charge in [0.2, 0.25) is 5.82 Å². The smallest absolute Gasteiger partial charge is 0.451 e. The van der Waals surface area contributed by atoms with E-state index < -0.39 is 48.4 Å². The van der Waals surface area contributed by atoms with E-state index in [9.17, 15) is 37.5 Å². The van der Waals surface area contributed by atoms with Gasteiger partial charge in [0.1, 0.15) is 17.4 Å². The third kappa shape index (κ3) is 10.8. The summed E-state index contributed by atoms with van der Waals surface area (Å²) in [5, 5.41) is 25.8. The van der Waals surface area contributed by atoms with Crippen LogP contribution in [0.1, 0.15) is 53.0 Å². The van der Waals surface area contributed by atoms with E-state index in [0.29, 0.717) is 0 Å². The Kier molecular flexibility index (Phi) is 14.1. The van der Waals surface area contributed by atoms with Crippen molar-refractivity contribution in [3.05, 3.63) is 108 Å². The number of hydrogen-bond acceptors (Lipinski definition) is 12. The van der Waals surface area contributed by atoms with Crippen LogP contribution in [0.5, 0.6) is 0 Å². The highest BCUT2D eigenvalue weighted by Crippen LogP contribution is 2.37. The number of ether oxygens (including phenoxy) is 1. The van der Waals surface area contributed by atoms with Crippen molar-refractivity contribution in [3.8, 4) is 0 Å². The lowest BCUT2D eigenvalue weighted by Crippen LogP contribution is -2.49. The van der Waals surface area contributed by atoms with Gasteiger partial charge in [0, 0.05) is 65.0 Å². The first-order chi connectivity index (χ1) is 30.8. The zero-order chi connectivity index (χ0) is 45.4. The molecule has 21 heteroatoms. The minimum atomic E-state index is -5.37. The van der Waals surface area contributed by atoms with Crippen molar-refractivity contribution < 1.29 is 42.2 Å². The fourth-order valence-electron chi connectivity index (χ4n) is 7.88. The average molecular weight is 887 g/mol. The maximum absolute atomic E-state index is 13.8. The zero-order valence-corrected chi connectivity index (χ0v) is 35.0. The van der Waals surface area contributed by atoms with Gasteiger partial charge >= 0.3 is 24.2 Å². The molecular weight excluding hydrogens is 838 g/mol. The van der Waals surface area contributed by atoms with Crippen LogP contribution in [0.3, 0.4) is 0 Å². The second-order valence-corrected chi connectivity index (χ2v) is 15.7. The van der Waals surface area contributed by atoms with Gasteiger partial charge in [0.25, 0.3) is 5.91 Å². The van der Waals surface area contributed by atoms with E-state index in [-0.39, 0.29) is 66.9 Å². The monoisotopic (exact) mass is 886 g/mol. The number of esters is 1. The normalized spacial score (nSPS) is 19.0. The number of hydrogen-bond donors (Lipinski definition) is 6. The summed E-state index contributed by atoms with van der Waals surface area (Å²) in [6.07, 6.45) is -4.70.